The van der Waals surface area contributed by atoms with Gasteiger partial charge in [0.05, 0.1) is 0 Å². The summed E-state index contributed by atoms with van der Waals surface area (Å²) in [5, 5.41) is 2.84. The fraction of sp³-hybridized carbons (Fsp3) is 0.294. The van der Waals surface area contributed by atoms with Gasteiger partial charge in [0.25, 0.3) is 5.56 Å². The predicted molar refractivity (Wildman–Crippen MR) is 89.8 cm³/mol. The van der Waals surface area contributed by atoms with Crippen LogP contribution in [0.3, 0.4) is 0 Å². The Morgan fingerprint density at radius 3 is 2.82 bits per heavy atom. The normalized spacial score (nSPS) is 13.2. The molecule has 0 unspecified atom stereocenters. The van der Waals surface area contributed by atoms with Crippen LogP contribution in [0.25, 0.3) is 6.08 Å². The number of ketones is 1. The molecule has 5 heteroatoms. The number of rotatable bonds is 3. The highest BCUT2D eigenvalue weighted by molar-refractivity contribution is 7.99. The standard InChI is InChI=1S/C17H18N2O2S/c1-4-19-17(21)14(9-18-19)15(20)13-8-10(2)16-12(11(13)3)6-5-7-22-16/h5-6,8-9,18H,4,7H2,1-3H3. The molecule has 0 saturated heterocycles. The van der Waals surface area contributed by atoms with Gasteiger partial charge in [0, 0.05) is 29.0 Å². The van der Waals surface area contributed by atoms with E-state index >= 15 is 0 Å². The Labute approximate surface area is 133 Å². The minimum atomic E-state index is -0.257. The van der Waals surface area contributed by atoms with Gasteiger partial charge in [-0.3, -0.25) is 14.3 Å². The second-order valence-electron chi connectivity index (χ2n) is 5.39. The number of nitrogens with one attached hydrogen (secondary N) is 1. The van der Waals surface area contributed by atoms with E-state index in [4.69, 9.17) is 0 Å². The topological polar surface area (TPSA) is 54.9 Å². The van der Waals surface area contributed by atoms with Crippen molar-refractivity contribution >= 4 is 23.6 Å². The predicted octanol–water partition coefficient (Wildman–Crippen LogP) is 3.16. The third-order valence-corrected chi connectivity index (χ3v) is 5.22. The third kappa shape index (κ3) is 2.25. The first-order valence-electron chi connectivity index (χ1n) is 7.31. The Morgan fingerprint density at radius 2 is 2.14 bits per heavy atom. The SMILES string of the molecule is CCn1[nH]cc(C(=O)c2cc(C)c3c(c2C)C=CCS3)c1=O. The van der Waals surface area contributed by atoms with E-state index in [1.54, 1.807) is 11.8 Å². The van der Waals surface area contributed by atoms with Crippen LogP contribution in [-0.2, 0) is 6.54 Å². The minimum Gasteiger partial charge on any atom is -0.302 e. The Hall–Kier alpha value is -2.01. The lowest BCUT2D eigenvalue weighted by Gasteiger charge is -2.18. The monoisotopic (exact) mass is 314 g/mol. The fourth-order valence-corrected chi connectivity index (χ4v) is 3.82. The van der Waals surface area contributed by atoms with Crippen LogP contribution in [0.15, 0.2) is 28.0 Å². The molecule has 22 heavy (non-hydrogen) atoms. The molecule has 0 bridgehead atoms. The molecule has 0 atom stereocenters. The molecule has 1 aromatic heterocycles. The van der Waals surface area contributed by atoms with E-state index in [-0.39, 0.29) is 16.9 Å². The van der Waals surface area contributed by atoms with Crippen molar-refractivity contribution in [3.05, 3.63) is 56.5 Å². The molecule has 0 saturated carbocycles. The molecule has 4 nitrogen and oxygen atoms in total. The van der Waals surface area contributed by atoms with Gasteiger partial charge in [-0.2, -0.15) is 0 Å². The van der Waals surface area contributed by atoms with Crippen molar-refractivity contribution in [2.75, 3.05) is 5.75 Å². The van der Waals surface area contributed by atoms with Crippen LogP contribution in [0.5, 0.6) is 0 Å². The number of aryl methyl sites for hydroxylation is 2. The number of fused-ring (bicyclic) bond motifs is 1. The highest BCUT2D eigenvalue weighted by atomic mass is 32.2. The highest BCUT2D eigenvalue weighted by Gasteiger charge is 2.22. The van der Waals surface area contributed by atoms with Gasteiger partial charge < -0.3 is 5.10 Å². The second kappa shape index (κ2) is 5.65. The van der Waals surface area contributed by atoms with E-state index in [0.717, 1.165) is 22.4 Å². The Balaban J connectivity index is 2.15. The number of hydrogen-bond acceptors (Lipinski definition) is 3. The van der Waals surface area contributed by atoms with Crippen LogP contribution in [0, 0.1) is 13.8 Å². The number of benzene rings is 1. The molecule has 1 aromatic carbocycles. The van der Waals surface area contributed by atoms with E-state index in [0.29, 0.717) is 12.1 Å². The molecule has 2 aromatic rings. The number of carbonyl (C=O) groups excluding carboxylic acids is 1. The van der Waals surface area contributed by atoms with Gasteiger partial charge in [0.1, 0.15) is 5.56 Å². The van der Waals surface area contributed by atoms with E-state index in [1.807, 2.05) is 26.8 Å². The van der Waals surface area contributed by atoms with Crippen LogP contribution in [0.1, 0.15) is 39.5 Å². The van der Waals surface area contributed by atoms with E-state index in [2.05, 4.69) is 17.3 Å². The van der Waals surface area contributed by atoms with E-state index in [9.17, 15) is 9.59 Å². The number of thioether (sulfide) groups is 1. The maximum absolute atomic E-state index is 12.8. The van der Waals surface area contributed by atoms with Crippen molar-refractivity contribution < 1.29 is 4.79 Å². The molecule has 0 radical (unpaired) electrons. The lowest BCUT2D eigenvalue weighted by Crippen LogP contribution is -2.21. The van der Waals surface area contributed by atoms with Crippen molar-refractivity contribution in [1.29, 1.82) is 0 Å². The summed E-state index contributed by atoms with van der Waals surface area (Å²) in [6.45, 7) is 6.35. The molecule has 1 aliphatic rings. The first-order chi connectivity index (χ1) is 10.5. The van der Waals surface area contributed by atoms with Crippen LogP contribution in [0.2, 0.25) is 0 Å². The third-order valence-electron chi connectivity index (χ3n) is 4.03. The van der Waals surface area contributed by atoms with Crippen molar-refractivity contribution in [3.63, 3.8) is 0 Å². The summed E-state index contributed by atoms with van der Waals surface area (Å²) in [7, 11) is 0. The average Bonchev–Trinajstić information content (AvgIpc) is 2.91. The minimum absolute atomic E-state index is 0.205. The zero-order valence-corrected chi connectivity index (χ0v) is 13.7. The zero-order chi connectivity index (χ0) is 15.9. The van der Waals surface area contributed by atoms with Crippen LogP contribution < -0.4 is 5.56 Å². The number of aromatic amines is 1. The number of hydrogen-bond donors (Lipinski definition) is 1. The lowest BCUT2D eigenvalue weighted by atomic mass is 9.94. The molecule has 0 amide bonds. The summed E-state index contributed by atoms with van der Waals surface area (Å²) in [5.74, 6) is 0.750. The van der Waals surface area contributed by atoms with Gasteiger partial charge in [-0.15, -0.1) is 11.8 Å². The van der Waals surface area contributed by atoms with Crippen LogP contribution in [0.4, 0.5) is 0 Å². The summed E-state index contributed by atoms with van der Waals surface area (Å²) >= 11 is 1.79. The van der Waals surface area contributed by atoms with Crippen LogP contribution in [-0.4, -0.2) is 21.3 Å². The molecule has 1 aliphatic heterocycles. The maximum Gasteiger partial charge on any atom is 0.277 e. The smallest absolute Gasteiger partial charge is 0.277 e. The average molecular weight is 314 g/mol. The first kappa shape index (κ1) is 14.9. The molecule has 0 fully saturated rings. The van der Waals surface area contributed by atoms with Crippen molar-refractivity contribution in [2.24, 2.45) is 0 Å². The highest BCUT2D eigenvalue weighted by Crippen LogP contribution is 2.35. The molecular formula is C17H18N2O2S. The van der Waals surface area contributed by atoms with Crippen LogP contribution >= 0.6 is 11.8 Å². The van der Waals surface area contributed by atoms with Gasteiger partial charge in [0.15, 0.2) is 5.78 Å². The van der Waals surface area contributed by atoms with Gasteiger partial charge in [-0.05, 0) is 43.5 Å². The Kier molecular flexibility index (Phi) is 3.83. The summed E-state index contributed by atoms with van der Waals surface area (Å²) in [4.78, 5) is 26.2. The number of aromatic nitrogens is 2. The largest absolute Gasteiger partial charge is 0.302 e. The summed E-state index contributed by atoms with van der Waals surface area (Å²) in [6.07, 6.45) is 5.69. The van der Waals surface area contributed by atoms with Gasteiger partial charge >= 0.3 is 0 Å². The number of carbonyl (C=O) groups is 1. The molecule has 114 valence electrons. The Morgan fingerprint density at radius 1 is 1.36 bits per heavy atom. The fourth-order valence-electron chi connectivity index (χ4n) is 2.79. The molecule has 1 N–H and O–H groups in total. The summed E-state index contributed by atoms with van der Waals surface area (Å²) in [6, 6.07) is 1.91. The Bertz CT molecular complexity index is 843. The van der Waals surface area contributed by atoms with E-state index in [1.165, 1.54) is 15.8 Å². The van der Waals surface area contributed by atoms with E-state index < -0.39 is 0 Å². The molecule has 2 heterocycles. The number of H-pyrrole nitrogens is 1. The molecular weight excluding hydrogens is 296 g/mol. The van der Waals surface area contributed by atoms with Gasteiger partial charge in [-0.25, -0.2) is 0 Å². The molecule has 0 aliphatic carbocycles. The number of nitrogens with zero attached hydrogens (tertiary/aromatic N) is 1. The first-order valence-corrected chi connectivity index (χ1v) is 8.29. The summed E-state index contributed by atoms with van der Waals surface area (Å²) in [5.41, 5.74) is 3.69. The van der Waals surface area contributed by atoms with Crippen molar-refractivity contribution in [1.82, 2.24) is 9.78 Å². The van der Waals surface area contributed by atoms with Gasteiger partial charge in [-0.1, -0.05) is 12.2 Å². The zero-order valence-electron chi connectivity index (χ0n) is 12.9. The van der Waals surface area contributed by atoms with Crippen molar-refractivity contribution in [3.8, 4) is 0 Å². The van der Waals surface area contributed by atoms with Gasteiger partial charge in [0.2, 0.25) is 0 Å². The quantitative estimate of drug-likeness (QED) is 0.885. The molecule has 0 spiro atoms. The molecule has 3 rings (SSSR count). The maximum atomic E-state index is 12.8. The lowest BCUT2D eigenvalue weighted by molar-refractivity contribution is 0.103. The summed E-state index contributed by atoms with van der Waals surface area (Å²) < 4.78 is 1.43. The second-order valence-corrected chi connectivity index (χ2v) is 6.42. The van der Waals surface area contributed by atoms with Crippen molar-refractivity contribution in [2.45, 2.75) is 32.2 Å².